The van der Waals surface area contributed by atoms with Crippen molar-refractivity contribution in [3.05, 3.63) is 40.4 Å². The molecule has 0 aliphatic carbocycles. The van der Waals surface area contributed by atoms with E-state index in [0.717, 1.165) is 28.4 Å². The minimum atomic E-state index is -0.0246. The maximum absolute atomic E-state index is 12.6. The van der Waals surface area contributed by atoms with Crippen LogP contribution in [0.25, 0.3) is 21.9 Å². The summed E-state index contributed by atoms with van der Waals surface area (Å²) in [7, 11) is 0. The number of nitrogens with zero attached hydrogens (tertiary/aromatic N) is 2. The van der Waals surface area contributed by atoms with Crippen molar-refractivity contribution in [1.29, 1.82) is 0 Å². The number of fused-ring (bicyclic) bond motifs is 3. The van der Waals surface area contributed by atoms with E-state index >= 15 is 0 Å². The topological polar surface area (TPSA) is 59.9 Å². The molecule has 0 bridgehead atoms. The normalized spacial score (nSPS) is 11.8. The van der Waals surface area contributed by atoms with Gasteiger partial charge >= 0.3 is 0 Å². The second-order valence-corrected chi connectivity index (χ2v) is 5.91. The number of hydrogen-bond acceptors (Lipinski definition) is 3. The molecule has 1 N–H and O–H groups in total. The smallest absolute Gasteiger partial charge is 0.277 e. The van der Waals surface area contributed by atoms with Crippen molar-refractivity contribution in [2.75, 3.05) is 6.61 Å². The van der Waals surface area contributed by atoms with Crippen LogP contribution in [0.1, 0.15) is 25.8 Å². The van der Waals surface area contributed by atoms with Crippen LogP contribution in [0.5, 0.6) is 0 Å². The second kappa shape index (κ2) is 5.93. The zero-order valence-electron chi connectivity index (χ0n) is 13.2. The predicted molar refractivity (Wildman–Crippen MR) is 88.3 cm³/mol. The maximum Gasteiger partial charge on any atom is 0.277 e. The van der Waals surface area contributed by atoms with Crippen LogP contribution in [-0.4, -0.2) is 27.2 Å². The Morgan fingerprint density at radius 2 is 2.18 bits per heavy atom. The molecule has 0 spiro atoms. The van der Waals surface area contributed by atoms with Crippen molar-refractivity contribution in [2.24, 2.45) is 0 Å². The third-order valence-corrected chi connectivity index (χ3v) is 3.72. The van der Waals surface area contributed by atoms with E-state index in [2.05, 4.69) is 9.97 Å². The van der Waals surface area contributed by atoms with Gasteiger partial charge in [-0.2, -0.15) is 0 Å². The Morgan fingerprint density at radius 1 is 1.36 bits per heavy atom. The van der Waals surface area contributed by atoms with Gasteiger partial charge in [0, 0.05) is 24.1 Å². The first-order valence-electron chi connectivity index (χ1n) is 7.65. The number of aryl methyl sites for hydroxylation is 2. The molecule has 0 amide bonds. The summed E-state index contributed by atoms with van der Waals surface area (Å²) < 4.78 is 7.16. The van der Waals surface area contributed by atoms with Gasteiger partial charge in [0.1, 0.15) is 11.0 Å². The minimum absolute atomic E-state index is 0.0246. The molecule has 5 nitrogen and oxygen atoms in total. The first-order chi connectivity index (χ1) is 10.6. The number of aromatic amines is 1. The molecule has 0 aliphatic heterocycles. The van der Waals surface area contributed by atoms with Crippen LogP contribution < -0.4 is 5.56 Å². The zero-order valence-corrected chi connectivity index (χ0v) is 13.2. The van der Waals surface area contributed by atoms with E-state index in [-0.39, 0.29) is 11.7 Å². The number of ether oxygens (including phenoxy) is 1. The minimum Gasteiger partial charge on any atom is -0.379 e. The highest BCUT2D eigenvalue weighted by Gasteiger charge is 2.10. The molecule has 1 aromatic carbocycles. The summed E-state index contributed by atoms with van der Waals surface area (Å²) in [5, 5.41) is 0.994. The summed E-state index contributed by atoms with van der Waals surface area (Å²) in [6.45, 7) is 7.31. The standard InChI is InChI=1S/C17H21N3O2/c1-11(2)22-8-4-7-20-10-18-15-13-6-5-12(3)9-14(13)19-16(15)17(20)21/h5-6,9-11,19H,4,7-8H2,1-3H3. The number of hydrogen-bond donors (Lipinski definition) is 1. The van der Waals surface area contributed by atoms with E-state index in [1.54, 1.807) is 10.9 Å². The number of H-pyrrole nitrogens is 1. The predicted octanol–water partition coefficient (Wildman–Crippen LogP) is 3.00. The van der Waals surface area contributed by atoms with Gasteiger partial charge in [-0.15, -0.1) is 0 Å². The summed E-state index contributed by atoms with van der Waals surface area (Å²) in [5.74, 6) is 0. The Morgan fingerprint density at radius 3 is 2.95 bits per heavy atom. The van der Waals surface area contributed by atoms with Crippen LogP contribution in [0.15, 0.2) is 29.3 Å². The first kappa shape index (κ1) is 14.8. The van der Waals surface area contributed by atoms with Crippen molar-refractivity contribution >= 4 is 21.9 Å². The van der Waals surface area contributed by atoms with Crippen LogP contribution in [0.2, 0.25) is 0 Å². The number of benzene rings is 1. The van der Waals surface area contributed by atoms with Crippen LogP contribution in [0.4, 0.5) is 0 Å². The fourth-order valence-electron chi connectivity index (χ4n) is 2.62. The zero-order chi connectivity index (χ0) is 15.7. The Balaban J connectivity index is 1.92. The van der Waals surface area contributed by atoms with Crippen LogP contribution >= 0.6 is 0 Å². The molecule has 3 rings (SSSR count). The molecule has 0 saturated carbocycles. The molecule has 0 aliphatic rings. The summed E-state index contributed by atoms with van der Waals surface area (Å²) >= 11 is 0. The number of nitrogens with one attached hydrogen (secondary N) is 1. The van der Waals surface area contributed by atoms with Crippen LogP contribution in [0.3, 0.4) is 0 Å². The van der Waals surface area contributed by atoms with E-state index < -0.39 is 0 Å². The molecule has 5 heteroatoms. The van der Waals surface area contributed by atoms with Crippen molar-refractivity contribution < 1.29 is 4.74 Å². The molecule has 0 saturated heterocycles. The van der Waals surface area contributed by atoms with Crippen molar-refractivity contribution in [3.63, 3.8) is 0 Å². The van der Waals surface area contributed by atoms with Gasteiger partial charge in [-0.1, -0.05) is 12.1 Å². The molecular formula is C17H21N3O2. The molecule has 3 aromatic rings. The summed E-state index contributed by atoms with van der Waals surface area (Å²) in [6, 6.07) is 6.08. The Labute approximate surface area is 128 Å². The molecule has 0 unspecified atom stereocenters. The van der Waals surface area contributed by atoms with Crippen LogP contribution in [0, 0.1) is 6.92 Å². The molecule has 22 heavy (non-hydrogen) atoms. The van der Waals surface area contributed by atoms with Gasteiger partial charge in [-0.25, -0.2) is 4.98 Å². The molecule has 0 atom stereocenters. The Kier molecular flexibility index (Phi) is 3.98. The van der Waals surface area contributed by atoms with E-state index in [0.29, 0.717) is 18.7 Å². The highest BCUT2D eigenvalue weighted by Crippen LogP contribution is 2.22. The third-order valence-electron chi connectivity index (χ3n) is 3.72. The second-order valence-electron chi connectivity index (χ2n) is 5.91. The monoisotopic (exact) mass is 299 g/mol. The summed E-state index contributed by atoms with van der Waals surface area (Å²) in [5.41, 5.74) is 3.41. The maximum atomic E-state index is 12.6. The fraction of sp³-hybridized carbons (Fsp3) is 0.412. The highest BCUT2D eigenvalue weighted by atomic mass is 16.5. The third kappa shape index (κ3) is 2.76. The lowest BCUT2D eigenvalue weighted by atomic mass is 10.2. The van der Waals surface area contributed by atoms with E-state index in [1.807, 2.05) is 39.0 Å². The van der Waals surface area contributed by atoms with E-state index in [9.17, 15) is 4.79 Å². The fourth-order valence-corrected chi connectivity index (χ4v) is 2.62. The van der Waals surface area contributed by atoms with Crippen LogP contribution in [-0.2, 0) is 11.3 Å². The summed E-state index contributed by atoms with van der Waals surface area (Å²) in [6.07, 6.45) is 2.65. The van der Waals surface area contributed by atoms with Crippen molar-refractivity contribution in [1.82, 2.24) is 14.5 Å². The highest BCUT2D eigenvalue weighted by molar-refractivity contribution is 6.04. The molecular weight excluding hydrogens is 278 g/mol. The average molecular weight is 299 g/mol. The largest absolute Gasteiger partial charge is 0.379 e. The van der Waals surface area contributed by atoms with Crippen molar-refractivity contribution in [3.8, 4) is 0 Å². The molecule has 0 fully saturated rings. The average Bonchev–Trinajstić information content (AvgIpc) is 2.83. The van der Waals surface area contributed by atoms with Gasteiger partial charge in [0.25, 0.3) is 5.56 Å². The summed E-state index contributed by atoms with van der Waals surface area (Å²) in [4.78, 5) is 20.2. The number of rotatable bonds is 5. The Bertz CT molecular complexity index is 861. The molecule has 0 radical (unpaired) electrons. The van der Waals surface area contributed by atoms with Gasteiger partial charge in [-0.3, -0.25) is 9.36 Å². The lowest BCUT2D eigenvalue weighted by Crippen LogP contribution is -2.21. The van der Waals surface area contributed by atoms with Gasteiger partial charge in [0.2, 0.25) is 0 Å². The van der Waals surface area contributed by atoms with Gasteiger partial charge < -0.3 is 9.72 Å². The Hall–Kier alpha value is -2.14. The van der Waals surface area contributed by atoms with Gasteiger partial charge in [-0.05, 0) is 38.8 Å². The molecule has 2 aromatic heterocycles. The number of aromatic nitrogens is 3. The van der Waals surface area contributed by atoms with E-state index in [4.69, 9.17) is 4.74 Å². The first-order valence-corrected chi connectivity index (χ1v) is 7.65. The lowest BCUT2D eigenvalue weighted by molar-refractivity contribution is 0.0747. The SMILES string of the molecule is Cc1ccc2c(c1)[nH]c1c(=O)n(CCCOC(C)C)cnc12. The van der Waals surface area contributed by atoms with Crippen molar-refractivity contribution in [2.45, 2.75) is 39.8 Å². The van der Waals surface area contributed by atoms with E-state index in [1.165, 1.54) is 0 Å². The quantitative estimate of drug-likeness (QED) is 0.737. The van der Waals surface area contributed by atoms with Gasteiger partial charge in [0.05, 0.1) is 12.4 Å². The molecule has 2 heterocycles. The van der Waals surface area contributed by atoms with Gasteiger partial charge in [0.15, 0.2) is 0 Å². The lowest BCUT2D eigenvalue weighted by Gasteiger charge is -2.08. The molecule has 116 valence electrons.